The van der Waals surface area contributed by atoms with Crippen molar-refractivity contribution in [1.29, 1.82) is 0 Å². The lowest BCUT2D eigenvalue weighted by atomic mass is 9.51. The summed E-state index contributed by atoms with van der Waals surface area (Å²) in [4.78, 5) is 4.35. The molecule has 0 amide bonds. The van der Waals surface area contributed by atoms with Gasteiger partial charge in [0.2, 0.25) is 0 Å². The Kier molecular flexibility index (Phi) is 8.71. The molecule has 3 fully saturated rings. The highest BCUT2D eigenvalue weighted by Crippen LogP contribution is 2.57. The zero-order chi connectivity index (χ0) is 16.8. The standard InChI is InChI=1S/C18H33N3O3.HI/c1-3-23-16-12-15(18(16)7-5-8-18)21-17(19-2)20-9-11-22-13-14-6-4-10-24-14;/h14-16H,3-13H2,1-2H3,(H2,19,20,21);1H. The predicted molar refractivity (Wildman–Crippen MR) is 110 cm³/mol. The van der Waals surface area contributed by atoms with Gasteiger partial charge < -0.3 is 24.8 Å². The molecule has 6 nitrogen and oxygen atoms in total. The minimum Gasteiger partial charge on any atom is -0.378 e. The molecule has 3 unspecified atom stereocenters. The van der Waals surface area contributed by atoms with Gasteiger partial charge in [0.1, 0.15) is 0 Å². The van der Waals surface area contributed by atoms with Crippen LogP contribution in [0.2, 0.25) is 0 Å². The van der Waals surface area contributed by atoms with Gasteiger partial charge in [0, 0.05) is 38.3 Å². The van der Waals surface area contributed by atoms with E-state index >= 15 is 0 Å². The molecular weight excluding hydrogens is 433 g/mol. The molecule has 1 heterocycles. The first-order valence-electron chi connectivity index (χ1n) is 9.56. The number of rotatable bonds is 8. The van der Waals surface area contributed by atoms with Crippen LogP contribution in [0.4, 0.5) is 0 Å². The first kappa shape index (κ1) is 21.2. The quantitative estimate of drug-likeness (QED) is 0.248. The van der Waals surface area contributed by atoms with Gasteiger partial charge in [-0.3, -0.25) is 4.99 Å². The van der Waals surface area contributed by atoms with Gasteiger partial charge in [-0.05, 0) is 39.0 Å². The summed E-state index contributed by atoms with van der Waals surface area (Å²) in [5, 5.41) is 6.95. The van der Waals surface area contributed by atoms with Crippen molar-refractivity contribution < 1.29 is 14.2 Å². The van der Waals surface area contributed by atoms with E-state index in [1.165, 1.54) is 19.3 Å². The van der Waals surface area contributed by atoms with Gasteiger partial charge in [-0.1, -0.05) is 6.42 Å². The van der Waals surface area contributed by atoms with E-state index in [0.29, 0.717) is 36.9 Å². The fraction of sp³-hybridized carbons (Fsp3) is 0.944. The summed E-state index contributed by atoms with van der Waals surface area (Å²) in [6.07, 6.45) is 7.98. The van der Waals surface area contributed by atoms with Crippen LogP contribution in [0, 0.1) is 5.41 Å². The van der Waals surface area contributed by atoms with Crippen LogP contribution in [0.15, 0.2) is 4.99 Å². The summed E-state index contributed by atoms with van der Waals surface area (Å²) in [7, 11) is 1.83. The second kappa shape index (κ2) is 10.3. The lowest BCUT2D eigenvalue weighted by Crippen LogP contribution is -2.68. The SMILES string of the molecule is CCOC1CC(NC(=NC)NCCOCC2CCCO2)C12CCC2.I. The Bertz CT molecular complexity index is 426. The van der Waals surface area contributed by atoms with E-state index in [-0.39, 0.29) is 24.0 Å². The van der Waals surface area contributed by atoms with Crippen LogP contribution in [0.5, 0.6) is 0 Å². The Labute approximate surface area is 168 Å². The average molecular weight is 467 g/mol. The third-order valence-electron chi connectivity index (χ3n) is 5.84. The molecule has 2 aliphatic carbocycles. The maximum absolute atomic E-state index is 5.91. The Morgan fingerprint density at radius 3 is 2.76 bits per heavy atom. The number of hydrogen-bond acceptors (Lipinski definition) is 4. The molecule has 0 aromatic heterocycles. The van der Waals surface area contributed by atoms with Crippen LogP contribution in [-0.4, -0.2) is 64.2 Å². The summed E-state index contributed by atoms with van der Waals surface area (Å²) < 4.78 is 17.2. The van der Waals surface area contributed by atoms with Gasteiger partial charge >= 0.3 is 0 Å². The molecule has 3 aliphatic rings. The van der Waals surface area contributed by atoms with Crippen molar-refractivity contribution in [2.75, 3.05) is 40.0 Å². The molecule has 2 saturated carbocycles. The lowest BCUT2D eigenvalue weighted by molar-refractivity contribution is -0.168. The van der Waals surface area contributed by atoms with Crippen LogP contribution >= 0.6 is 24.0 Å². The molecule has 2 N–H and O–H groups in total. The summed E-state index contributed by atoms with van der Waals surface area (Å²) in [5.41, 5.74) is 0.351. The summed E-state index contributed by atoms with van der Waals surface area (Å²) in [6.45, 7) is 5.93. The second-order valence-corrected chi connectivity index (χ2v) is 7.17. The molecule has 3 rings (SSSR count). The number of guanidine groups is 1. The van der Waals surface area contributed by atoms with Gasteiger partial charge in [-0.15, -0.1) is 24.0 Å². The van der Waals surface area contributed by atoms with Crippen molar-refractivity contribution in [2.45, 2.75) is 63.7 Å². The molecule has 3 atom stereocenters. The van der Waals surface area contributed by atoms with E-state index in [1.807, 2.05) is 7.05 Å². The average Bonchev–Trinajstić information content (AvgIpc) is 3.03. The van der Waals surface area contributed by atoms with E-state index in [4.69, 9.17) is 14.2 Å². The smallest absolute Gasteiger partial charge is 0.191 e. The second-order valence-electron chi connectivity index (χ2n) is 7.17. The Hall–Kier alpha value is -0.120. The van der Waals surface area contributed by atoms with Crippen molar-refractivity contribution in [3.05, 3.63) is 0 Å². The van der Waals surface area contributed by atoms with E-state index in [9.17, 15) is 0 Å². The third-order valence-corrected chi connectivity index (χ3v) is 5.84. The highest BCUT2D eigenvalue weighted by Gasteiger charge is 2.59. The molecule has 0 aromatic rings. The van der Waals surface area contributed by atoms with Crippen LogP contribution in [-0.2, 0) is 14.2 Å². The molecule has 7 heteroatoms. The Balaban J connectivity index is 0.00000225. The molecule has 25 heavy (non-hydrogen) atoms. The fourth-order valence-corrected chi connectivity index (χ4v) is 4.23. The number of aliphatic imine (C=N–C) groups is 1. The number of ether oxygens (including phenoxy) is 3. The Morgan fingerprint density at radius 1 is 1.32 bits per heavy atom. The van der Waals surface area contributed by atoms with E-state index in [2.05, 4.69) is 22.5 Å². The van der Waals surface area contributed by atoms with Crippen LogP contribution in [0.25, 0.3) is 0 Å². The van der Waals surface area contributed by atoms with Gasteiger partial charge in [0.25, 0.3) is 0 Å². The number of nitrogens with one attached hydrogen (secondary N) is 2. The number of nitrogens with zero attached hydrogens (tertiary/aromatic N) is 1. The number of halogens is 1. The third kappa shape index (κ3) is 4.99. The Morgan fingerprint density at radius 2 is 2.16 bits per heavy atom. The summed E-state index contributed by atoms with van der Waals surface area (Å²) in [5.74, 6) is 0.877. The van der Waals surface area contributed by atoms with Crippen molar-refractivity contribution in [3.63, 3.8) is 0 Å². The molecule has 0 bridgehead atoms. The number of hydrogen-bond donors (Lipinski definition) is 2. The molecular formula is C18H34IN3O3. The van der Waals surface area contributed by atoms with E-state index in [0.717, 1.165) is 45.0 Å². The summed E-state index contributed by atoms with van der Waals surface area (Å²) >= 11 is 0. The lowest BCUT2D eigenvalue weighted by Gasteiger charge is -2.61. The first-order chi connectivity index (χ1) is 11.8. The van der Waals surface area contributed by atoms with Crippen molar-refractivity contribution in [1.82, 2.24) is 10.6 Å². The zero-order valence-electron chi connectivity index (χ0n) is 15.6. The molecule has 0 radical (unpaired) electrons. The molecule has 1 saturated heterocycles. The maximum Gasteiger partial charge on any atom is 0.191 e. The first-order valence-corrected chi connectivity index (χ1v) is 9.56. The predicted octanol–water partition coefficient (Wildman–Crippen LogP) is 2.31. The van der Waals surface area contributed by atoms with Crippen molar-refractivity contribution in [2.24, 2.45) is 10.4 Å². The molecule has 1 spiro atoms. The largest absolute Gasteiger partial charge is 0.378 e. The van der Waals surface area contributed by atoms with E-state index in [1.54, 1.807) is 0 Å². The van der Waals surface area contributed by atoms with Gasteiger partial charge in [-0.2, -0.15) is 0 Å². The van der Waals surface area contributed by atoms with Gasteiger partial charge in [0.15, 0.2) is 5.96 Å². The van der Waals surface area contributed by atoms with E-state index < -0.39 is 0 Å². The monoisotopic (exact) mass is 467 g/mol. The van der Waals surface area contributed by atoms with Crippen LogP contribution in [0.1, 0.15) is 45.4 Å². The zero-order valence-corrected chi connectivity index (χ0v) is 17.9. The minimum absolute atomic E-state index is 0. The van der Waals surface area contributed by atoms with Crippen molar-refractivity contribution in [3.8, 4) is 0 Å². The van der Waals surface area contributed by atoms with Gasteiger partial charge in [0.05, 0.1) is 25.4 Å². The van der Waals surface area contributed by atoms with Crippen molar-refractivity contribution >= 4 is 29.9 Å². The molecule has 0 aromatic carbocycles. The highest BCUT2D eigenvalue weighted by molar-refractivity contribution is 14.0. The van der Waals surface area contributed by atoms with Crippen LogP contribution < -0.4 is 10.6 Å². The highest BCUT2D eigenvalue weighted by atomic mass is 127. The topological polar surface area (TPSA) is 64.1 Å². The molecule has 1 aliphatic heterocycles. The minimum atomic E-state index is 0. The summed E-state index contributed by atoms with van der Waals surface area (Å²) in [6, 6.07) is 0.488. The normalized spacial score (nSPS) is 30.3. The fourth-order valence-electron chi connectivity index (χ4n) is 4.23. The maximum atomic E-state index is 5.91. The van der Waals surface area contributed by atoms with Gasteiger partial charge in [-0.25, -0.2) is 0 Å². The molecule has 146 valence electrons. The van der Waals surface area contributed by atoms with Crippen LogP contribution in [0.3, 0.4) is 0 Å².